The molecule has 0 aromatic rings. The van der Waals surface area contributed by atoms with Gasteiger partial charge in [0.1, 0.15) is 0 Å². The van der Waals surface area contributed by atoms with Gasteiger partial charge in [0.15, 0.2) is 0 Å². The summed E-state index contributed by atoms with van der Waals surface area (Å²) in [5, 5.41) is 0. The van der Waals surface area contributed by atoms with E-state index in [2.05, 4.69) is 0 Å². The molecule has 0 radical (unpaired) electrons. The molecule has 0 atom stereocenters. The zero-order chi connectivity index (χ0) is 11.7. The first-order chi connectivity index (χ1) is 6.01. The Bertz CT molecular complexity index is 320. The largest absolute Gasteiger partial charge is 0.516 e. The normalized spacial score (nSPS) is 13.1. The van der Waals surface area contributed by atoms with E-state index >= 15 is 0 Å². The van der Waals surface area contributed by atoms with Crippen LogP contribution in [0.2, 0.25) is 0 Å². The summed E-state index contributed by atoms with van der Waals surface area (Å²) in [5.74, 6) is -1.90. The van der Waals surface area contributed by atoms with Crippen molar-refractivity contribution < 1.29 is 26.4 Å². The molecule has 0 saturated carbocycles. The zero-order valence-electron chi connectivity index (χ0n) is 7.79. The highest BCUT2D eigenvalue weighted by atomic mass is 32.2. The highest BCUT2D eigenvalue weighted by Crippen LogP contribution is 2.26. The van der Waals surface area contributed by atoms with E-state index in [-0.39, 0.29) is 4.31 Å². The van der Waals surface area contributed by atoms with E-state index in [9.17, 15) is 26.4 Å². The van der Waals surface area contributed by atoms with Crippen molar-refractivity contribution in [3.05, 3.63) is 0 Å². The van der Waals surface area contributed by atoms with E-state index in [0.29, 0.717) is 7.05 Å². The van der Waals surface area contributed by atoms with Crippen molar-refractivity contribution in [2.75, 3.05) is 7.05 Å². The van der Waals surface area contributed by atoms with Gasteiger partial charge in [0, 0.05) is 13.0 Å². The van der Waals surface area contributed by atoms with Crippen LogP contribution in [0, 0.1) is 5.92 Å². The molecular formula is C6H10F3NO3S. The lowest BCUT2D eigenvalue weighted by atomic mass is 10.2. The fraction of sp³-hybridized carbons (Fsp3) is 0.833. The standard InChI is InChI=1S/C6H10F3NO3S/c1-4(2)5(11)10(3)14(12,13)6(7,8)9/h4H,1-3H3. The predicted octanol–water partition coefficient (Wildman–Crippen LogP) is 0.950. The third kappa shape index (κ3) is 2.37. The zero-order valence-corrected chi connectivity index (χ0v) is 8.61. The first kappa shape index (κ1) is 13.2. The van der Waals surface area contributed by atoms with Gasteiger partial charge in [-0.1, -0.05) is 13.8 Å². The highest BCUT2D eigenvalue weighted by Gasteiger charge is 2.50. The van der Waals surface area contributed by atoms with Gasteiger partial charge in [-0.3, -0.25) is 4.79 Å². The summed E-state index contributed by atoms with van der Waals surface area (Å²) >= 11 is 0. The van der Waals surface area contributed by atoms with Crippen LogP contribution in [0.1, 0.15) is 13.8 Å². The predicted molar refractivity (Wildman–Crippen MR) is 42.6 cm³/mol. The van der Waals surface area contributed by atoms with E-state index in [1.54, 1.807) is 0 Å². The van der Waals surface area contributed by atoms with Crippen LogP contribution in [0.4, 0.5) is 13.2 Å². The number of alkyl halides is 3. The van der Waals surface area contributed by atoms with Gasteiger partial charge in [-0.15, -0.1) is 0 Å². The summed E-state index contributed by atoms with van der Waals surface area (Å²) in [6.45, 7) is 2.62. The average molecular weight is 233 g/mol. The van der Waals surface area contributed by atoms with Crippen molar-refractivity contribution in [1.82, 2.24) is 4.31 Å². The van der Waals surface area contributed by atoms with E-state index < -0.39 is 27.4 Å². The quantitative estimate of drug-likeness (QED) is 0.713. The van der Waals surface area contributed by atoms with Crippen LogP contribution in [-0.2, 0) is 14.8 Å². The molecule has 0 aliphatic rings. The molecule has 84 valence electrons. The third-order valence-corrected chi connectivity index (χ3v) is 2.94. The van der Waals surface area contributed by atoms with Crippen LogP contribution in [0.5, 0.6) is 0 Å². The molecule has 1 amide bonds. The van der Waals surface area contributed by atoms with Gasteiger partial charge in [-0.2, -0.15) is 21.6 Å². The number of halogens is 3. The Morgan fingerprint density at radius 1 is 1.29 bits per heavy atom. The number of sulfonamides is 1. The molecule has 0 N–H and O–H groups in total. The van der Waals surface area contributed by atoms with Gasteiger partial charge in [0.05, 0.1) is 0 Å². The number of amides is 1. The van der Waals surface area contributed by atoms with Gasteiger partial charge < -0.3 is 0 Å². The maximum absolute atomic E-state index is 11.9. The summed E-state index contributed by atoms with van der Waals surface area (Å²) in [6.07, 6.45) is 0. The first-order valence-electron chi connectivity index (χ1n) is 3.61. The third-order valence-electron chi connectivity index (χ3n) is 1.46. The van der Waals surface area contributed by atoms with Gasteiger partial charge in [-0.05, 0) is 0 Å². The summed E-state index contributed by atoms with van der Waals surface area (Å²) in [7, 11) is -4.95. The first-order valence-corrected chi connectivity index (χ1v) is 5.05. The Morgan fingerprint density at radius 2 is 1.64 bits per heavy atom. The maximum Gasteiger partial charge on any atom is 0.516 e. The summed E-state index contributed by atoms with van der Waals surface area (Å²) < 4.78 is 56.9. The van der Waals surface area contributed by atoms with Crippen LogP contribution in [0.3, 0.4) is 0 Å². The number of hydrogen-bond acceptors (Lipinski definition) is 3. The molecule has 0 spiro atoms. The number of hydrogen-bond donors (Lipinski definition) is 0. The fourth-order valence-electron chi connectivity index (χ4n) is 0.637. The Kier molecular flexibility index (Phi) is 3.54. The smallest absolute Gasteiger partial charge is 0.274 e. The second kappa shape index (κ2) is 3.76. The minimum absolute atomic E-state index is 0.280. The van der Waals surface area contributed by atoms with Crippen molar-refractivity contribution in [3.63, 3.8) is 0 Å². The molecule has 0 bridgehead atoms. The summed E-state index contributed by atoms with van der Waals surface area (Å²) in [4.78, 5) is 11.0. The molecule has 0 heterocycles. The van der Waals surface area contributed by atoms with Crippen LogP contribution < -0.4 is 0 Å². The Hall–Kier alpha value is -0.790. The number of nitrogens with zero attached hydrogens (tertiary/aromatic N) is 1. The van der Waals surface area contributed by atoms with Crippen LogP contribution in [0.25, 0.3) is 0 Å². The van der Waals surface area contributed by atoms with E-state index in [1.165, 1.54) is 13.8 Å². The van der Waals surface area contributed by atoms with Gasteiger partial charge in [0.2, 0.25) is 5.91 Å². The van der Waals surface area contributed by atoms with E-state index in [4.69, 9.17) is 0 Å². The van der Waals surface area contributed by atoms with Crippen molar-refractivity contribution in [1.29, 1.82) is 0 Å². The molecule has 4 nitrogen and oxygen atoms in total. The Morgan fingerprint density at radius 3 is 1.86 bits per heavy atom. The molecule has 0 saturated heterocycles. The number of carbonyl (C=O) groups is 1. The lowest BCUT2D eigenvalue weighted by Crippen LogP contribution is -2.43. The Labute approximate surface area is 79.7 Å². The van der Waals surface area contributed by atoms with Crippen molar-refractivity contribution in [2.24, 2.45) is 5.92 Å². The molecule has 0 fully saturated rings. The molecule has 0 rings (SSSR count). The number of carbonyl (C=O) groups excluding carboxylic acids is 1. The fourth-order valence-corrected chi connectivity index (χ4v) is 1.40. The molecule has 14 heavy (non-hydrogen) atoms. The topological polar surface area (TPSA) is 54.5 Å². The molecule has 0 aliphatic heterocycles. The monoisotopic (exact) mass is 233 g/mol. The van der Waals surface area contributed by atoms with Crippen molar-refractivity contribution >= 4 is 15.9 Å². The lowest BCUT2D eigenvalue weighted by Gasteiger charge is -2.20. The Balaban J connectivity index is 5.07. The summed E-state index contributed by atoms with van der Waals surface area (Å²) in [5.41, 5.74) is -5.44. The second-order valence-corrected chi connectivity index (χ2v) is 4.87. The van der Waals surface area contributed by atoms with E-state index in [0.717, 1.165) is 0 Å². The molecule has 0 unspecified atom stereocenters. The van der Waals surface area contributed by atoms with Crippen molar-refractivity contribution in [2.45, 2.75) is 19.4 Å². The van der Waals surface area contributed by atoms with Gasteiger partial charge in [-0.25, -0.2) is 4.31 Å². The summed E-state index contributed by atoms with van der Waals surface area (Å²) in [6, 6.07) is 0. The average Bonchev–Trinajstić information content (AvgIpc) is 1.99. The molecule has 0 aromatic carbocycles. The van der Waals surface area contributed by atoms with Crippen molar-refractivity contribution in [3.8, 4) is 0 Å². The lowest BCUT2D eigenvalue weighted by molar-refractivity contribution is -0.130. The second-order valence-electron chi connectivity index (χ2n) is 2.91. The van der Waals surface area contributed by atoms with Crippen LogP contribution in [0.15, 0.2) is 0 Å². The van der Waals surface area contributed by atoms with Gasteiger partial charge in [0.25, 0.3) is 0 Å². The highest BCUT2D eigenvalue weighted by molar-refractivity contribution is 7.90. The maximum atomic E-state index is 11.9. The minimum atomic E-state index is -5.54. The van der Waals surface area contributed by atoms with Crippen LogP contribution >= 0.6 is 0 Å². The molecular weight excluding hydrogens is 223 g/mol. The number of rotatable bonds is 2. The van der Waals surface area contributed by atoms with Gasteiger partial charge >= 0.3 is 15.5 Å². The minimum Gasteiger partial charge on any atom is -0.274 e. The van der Waals surface area contributed by atoms with E-state index in [1.807, 2.05) is 0 Å². The molecule has 8 heteroatoms. The van der Waals surface area contributed by atoms with Crippen LogP contribution in [-0.4, -0.2) is 31.2 Å². The molecule has 0 aliphatic carbocycles. The molecule has 0 aromatic heterocycles. The SMILES string of the molecule is CC(C)C(=O)N(C)S(=O)(=O)C(F)(F)F.